The lowest BCUT2D eigenvalue weighted by Gasteiger charge is -2.58. The number of rotatable bonds is 6. The van der Waals surface area contributed by atoms with E-state index in [4.69, 9.17) is 0 Å². The summed E-state index contributed by atoms with van der Waals surface area (Å²) in [4.78, 5) is 11.1. The van der Waals surface area contributed by atoms with Gasteiger partial charge in [0.15, 0.2) is 0 Å². The Balaban J connectivity index is 2.04. The van der Waals surface area contributed by atoms with Crippen LogP contribution in [0.15, 0.2) is 23.8 Å². The van der Waals surface area contributed by atoms with Gasteiger partial charge in [0.25, 0.3) is 0 Å². The molecule has 1 nitrogen and oxygen atoms in total. The van der Waals surface area contributed by atoms with Gasteiger partial charge in [-0.05, 0) is 81.5 Å². The Hall–Kier alpha value is -0.850. The monoisotopic (exact) mass is 330 g/mol. The minimum atomic E-state index is 0.291. The SMILES string of the molecule is C=C1CC[C@@H]2C(C)(C)CCC[C@@]2(C)[C@@H]1CCC(C)=CCCC(C)=O. The lowest BCUT2D eigenvalue weighted by molar-refractivity contribution is -0.116. The van der Waals surface area contributed by atoms with E-state index >= 15 is 0 Å². The Morgan fingerprint density at radius 1 is 1.21 bits per heavy atom. The second-order valence-electron chi connectivity index (χ2n) is 9.48. The summed E-state index contributed by atoms with van der Waals surface area (Å²) < 4.78 is 0. The molecule has 2 aliphatic rings. The number of fused-ring (bicyclic) bond motifs is 1. The van der Waals surface area contributed by atoms with Crippen molar-refractivity contribution in [1.82, 2.24) is 0 Å². The Bertz CT molecular complexity index is 510. The van der Waals surface area contributed by atoms with Crippen molar-refractivity contribution in [2.24, 2.45) is 22.7 Å². The van der Waals surface area contributed by atoms with Gasteiger partial charge in [-0.1, -0.05) is 51.0 Å². The number of hydrogen-bond donors (Lipinski definition) is 0. The standard InChI is InChI=1S/C23H38O/c1-17(9-7-10-19(3)24)11-13-20-18(2)12-14-21-22(4,5)15-8-16-23(20,21)6/h9,20-21H,2,7-8,10-16H2,1,3-6H3/t20-,21-,23+/m1/s1. The first-order valence-corrected chi connectivity index (χ1v) is 9.99. The molecule has 0 saturated heterocycles. The van der Waals surface area contributed by atoms with Gasteiger partial charge in [-0.2, -0.15) is 0 Å². The highest BCUT2D eigenvalue weighted by molar-refractivity contribution is 5.75. The summed E-state index contributed by atoms with van der Waals surface area (Å²) in [5.74, 6) is 1.81. The van der Waals surface area contributed by atoms with Crippen LogP contribution in [-0.4, -0.2) is 5.78 Å². The van der Waals surface area contributed by atoms with Crippen LogP contribution < -0.4 is 0 Å². The molecule has 0 bridgehead atoms. The van der Waals surface area contributed by atoms with Crippen LogP contribution in [0.1, 0.15) is 92.4 Å². The molecule has 0 N–H and O–H groups in total. The molecular formula is C23H38O. The quantitative estimate of drug-likeness (QED) is 0.485. The van der Waals surface area contributed by atoms with Crippen LogP contribution in [0.2, 0.25) is 0 Å². The molecule has 2 rings (SSSR count). The lowest BCUT2D eigenvalue weighted by Crippen LogP contribution is -2.49. The maximum absolute atomic E-state index is 11.1. The number of carbonyl (C=O) groups excluding carboxylic acids is 1. The van der Waals surface area contributed by atoms with Gasteiger partial charge in [-0.15, -0.1) is 0 Å². The van der Waals surface area contributed by atoms with E-state index in [1.165, 1.54) is 49.7 Å². The van der Waals surface area contributed by atoms with Crippen LogP contribution >= 0.6 is 0 Å². The smallest absolute Gasteiger partial charge is 0.130 e. The molecule has 0 aromatic carbocycles. The summed E-state index contributed by atoms with van der Waals surface area (Å²) in [5.41, 5.74) is 3.88. The molecule has 0 amide bonds. The van der Waals surface area contributed by atoms with Crippen molar-refractivity contribution in [3.63, 3.8) is 0 Å². The van der Waals surface area contributed by atoms with Crippen LogP contribution in [0.3, 0.4) is 0 Å². The molecule has 24 heavy (non-hydrogen) atoms. The Morgan fingerprint density at radius 3 is 2.58 bits per heavy atom. The molecule has 2 aliphatic carbocycles. The normalized spacial score (nSPS) is 33.2. The van der Waals surface area contributed by atoms with Gasteiger partial charge >= 0.3 is 0 Å². The second kappa shape index (κ2) is 7.58. The minimum Gasteiger partial charge on any atom is -0.300 e. The molecule has 0 unspecified atom stereocenters. The largest absolute Gasteiger partial charge is 0.300 e. The first-order chi connectivity index (χ1) is 11.2. The van der Waals surface area contributed by atoms with Crippen molar-refractivity contribution in [2.75, 3.05) is 0 Å². The summed E-state index contributed by atoms with van der Waals surface area (Å²) in [7, 11) is 0. The van der Waals surface area contributed by atoms with Crippen LogP contribution in [0.4, 0.5) is 0 Å². The van der Waals surface area contributed by atoms with Crippen LogP contribution in [-0.2, 0) is 4.79 Å². The second-order valence-corrected chi connectivity index (χ2v) is 9.48. The molecular weight excluding hydrogens is 292 g/mol. The molecule has 0 spiro atoms. The van der Waals surface area contributed by atoms with Gasteiger partial charge in [0.1, 0.15) is 5.78 Å². The maximum Gasteiger partial charge on any atom is 0.130 e. The molecule has 0 radical (unpaired) electrons. The van der Waals surface area contributed by atoms with Crippen molar-refractivity contribution in [1.29, 1.82) is 0 Å². The average Bonchev–Trinajstić information content (AvgIpc) is 2.45. The summed E-state index contributed by atoms with van der Waals surface area (Å²) >= 11 is 0. The predicted octanol–water partition coefficient (Wildman–Crippen LogP) is 6.88. The first kappa shape index (κ1) is 19.5. The third-order valence-corrected chi connectivity index (χ3v) is 7.14. The molecule has 0 aromatic heterocycles. The zero-order chi connectivity index (χ0) is 18.0. The molecule has 0 heterocycles. The highest BCUT2D eigenvalue weighted by Crippen LogP contribution is 2.61. The van der Waals surface area contributed by atoms with Gasteiger partial charge in [0, 0.05) is 6.42 Å². The number of hydrogen-bond acceptors (Lipinski definition) is 1. The summed E-state index contributed by atoms with van der Waals surface area (Å²) in [6.45, 7) is 15.9. The maximum atomic E-state index is 11.1. The molecule has 0 aliphatic heterocycles. The Morgan fingerprint density at radius 2 is 1.92 bits per heavy atom. The van der Waals surface area contributed by atoms with E-state index in [2.05, 4.69) is 40.3 Å². The first-order valence-electron chi connectivity index (χ1n) is 9.99. The fourth-order valence-corrected chi connectivity index (χ4v) is 5.80. The van der Waals surface area contributed by atoms with Gasteiger partial charge < -0.3 is 4.79 Å². The highest BCUT2D eigenvalue weighted by Gasteiger charge is 2.52. The highest BCUT2D eigenvalue weighted by atomic mass is 16.1. The molecule has 2 fully saturated rings. The predicted molar refractivity (Wildman–Crippen MR) is 104 cm³/mol. The third kappa shape index (κ3) is 4.21. The fourth-order valence-electron chi connectivity index (χ4n) is 5.80. The van der Waals surface area contributed by atoms with Gasteiger partial charge in [-0.25, -0.2) is 0 Å². The average molecular weight is 331 g/mol. The van der Waals surface area contributed by atoms with E-state index in [0.29, 0.717) is 29.0 Å². The zero-order valence-electron chi connectivity index (χ0n) is 16.7. The van der Waals surface area contributed by atoms with Crippen molar-refractivity contribution in [3.05, 3.63) is 23.8 Å². The van der Waals surface area contributed by atoms with E-state index in [0.717, 1.165) is 18.8 Å². The van der Waals surface area contributed by atoms with Gasteiger partial charge in [-0.3, -0.25) is 0 Å². The number of allylic oxidation sites excluding steroid dienone is 3. The molecule has 1 heteroatoms. The Kier molecular flexibility index (Phi) is 6.15. The molecule has 136 valence electrons. The molecule has 0 aromatic rings. The van der Waals surface area contributed by atoms with Crippen LogP contribution in [0.5, 0.6) is 0 Å². The lowest BCUT2D eigenvalue weighted by atomic mass is 9.47. The number of carbonyl (C=O) groups is 1. The molecule has 2 saturated carbocycles. The van der Waals surface area contributed by atoms with Crippen molar-refractivity contribution >= 4 is 5.78 Å². The number of ketones is 1. The van der Waals surface area contributed by atoms with Crippen molar-refractivity contribution < 1.29 is 4.79 Å². The number of Topliss-reactive ketones (excluding diaryl/α,β-unsaturated/α-hetero) is 1. The van der Waals surface area contributed by atoms with E-state index in [1.54, 1.807) is 6.92 Å². The van der Waals surface area contributed by atoms with E-state index in [-0.39, 0.29) is 0 Å². The van der Waals surface area contributed by atoms with Crippen LogP contribution in [0, 0.1) is 22.7 Å². The van der Waals surface area contributed by atoms with E-state index in [1.807, 2.05) is 0 Å². The summed E-state index contributed by atoms with van der Waals surface area (Å²) in [5, 5.41) is 0. The Labute approximate surface area is 150 Å². The fraction of sp³-hybridized carbons (Fsp3) is 0.783. The topological polar surface area (TPSA) is 17.1 Å². The van der Waals surface area contributed by atoms with Crippen molar-refractivity contribution in [3.8, 4) is 0 Å². The minimum absolute atomic E-state index is 0.291. The van der Waals surface area contributed by atoms with E-state index < -0.39 is 0 Å². The summed E-state index contributed by atoms with van der Waals surface area (Å²) in [6, 6.07) is 0. The van der Waals surface area contributed by atoms with Crippen molar-refractivity contribution in [2.45, 2.75) is 92.4 Å². The summed E-state index contributed by atoms with van der Waals surface area (Å²) in [6.07, 6.45) is 13.0. The van der Waals surface area contributed by atoms with Gasteiger partial charge in [0.05, 0.1) is 0 Å². The van der Waals surface area contributed by atoms with Gasteiger partial charge in [0.2, 0.25) is 0 Å². The van der Waals surface area contributed by atoms with E-state index in [9.17, 15) is 4.79 Å². The third-order valence-electron chi connectivity index (χ3n) is 7.14. The molecule has 3 atom stereocenters. The van der Waals surface area contributed by atoms with Crippen LogP contribution in [0.25, 0.3) is 0 Å². The zero-order valence-corrected chi connectivity index (χ0v) is 16.7.